The Hall–Kier alpha value is -4.00. The summed E-state index contributed by atoms with van der Waals surface area (Å²) in [5.74, 6) is 0.626. The molecule has 7 nitrogen and oxygen atoms in total. The molecule has 0 aliphatic rings. The lowest BCUT2D eigenvalue weighted by Crippen LogP contribution is -2.41. The number of rotatable bonds is 7. The molecule has 0 fully saturated rings. The van der Waals surface area contributed by atoms with E-state index in [0.717, 1.165) is 22.4 Å². The summed E-state index contributed by atoms with van der Waals surface area (Å²) >= 11 is 0. The highest BCUT2D eigenvalue weighted by atomic mass is 16.5. The maximum Gasteiger partial charge on any atom is 0.244 e. The molecular formula is C25H25N5O2. The van der Waals surface area contributed by atoms with Crippen molar-refractivity contribution in [2.75, 3.05) is 0 Å². The molecule has 7 heteroatoms. The number of amides is 1. The van der Waals surface area contributed by atoms with E-state index in [0.29, 0.717) is 18.3 Å². The summed E-state index contributed by atoms with van der Waals surface area (Å²) in [6, 6.07) is 20.1. The molecule has 162 valence electrons. The van der Waals surface area contributed by atoms with Gasteiger partial charge in [-0.25, -0.2) is 0 Å². The third-order valence-corrected chi connectivity index (χ3v) is 4.96. The second kappa shape index (κ2) is 9.01. The predicted molar refractivity (Wildman–Crippen MR) is 122 cm³/mol. The molecule has 0 unspecified atom stereocenters. The van der Waals surface area contributed by atoms with Crippen LogP contribution in [0.15, 0.2) is 77.5 Å². The Kier molecular flexibility index (Phi) is 5.98. The lowest BCUT2D eigenvalue weighted by Gasteiger charge is -2.21. The number of aryl methyl sites for hydroxylation is 1. The maximum atomic E-state index is 12.6. The summed E-state index contributed by atoms with van der Waals surface area (Å²) in [4.78, 5) is 16.9. The molecule has 1 N–H and O–H groups in total. The first-order chi connectivity index (χ1) is 15.4. The summed E-state index contributed by atoms with van der Waals surface area (Å²) < 4.78 is 6.93. The van der Waals surface area contributed by atoms with Crippen molar-refractivity contribution in [1.29, 1.82) is 0 Å². The zero-order chi connectivity index (χ0) is 22.6. The molecule has 0 saturated carbocycles. The first kappa shape index (κ1) is 21.2. The number of benzene rings is 2. The van der Waals surface area contributed by atoms with E-state index in [4.69, 9.17) is 9.62 Å². The second-order valence-corrected chi connectivity index (χ2v) is 8.07. The zero-order valence-corrected chi connectivity index (χ0v) is 18.3. The van der Waals surface area contributed by atoms with Gasteiger partial charge in [-0.05, 0) is 25.5 Å². The average molecular weight is 428 g/mol. The van der Waals surface area contributed by atoms with E-state index in [1.165, 1.54) is 6.08 Å². The molecule has 0 saturated heterocycles. The summed E-state index contributed by atoms with van der Waals surface area (Å²) in [6.45, 7) is 6.02. The van der Waals surface area contributed by atoms with Crippen LogP contribution in [0.2, 0.25) is 0 Å². The number of carbonyl (C=O) groups excluding carboxylic acids is 1. The van der Waals surface area contributed by atoms with Gasteiger partial charge in [-0.1, -0.05) is 65.8 Å². The molecule has 1 amide bonds. The number of hydrogen-bond donors (Lipinski definition) is 1. The maximum absolute atomic E-state index is 12.6. The van der Waals surface area contributed by atoms with Crippen LogP contribution in [0.25, 0.3) is 17.3 Å². The first-order valence-electron chi connectivity index (χ1n) is 10.4. The minimum Gasteiger partial charge on any atom is -0.340 e. The molecule has 4 aromatic rings. The summed E-state index contributed by atoms with van der Waals surface area (Å²) in [7, 11) is 0. The SMILES string of the molecule is Cc1nc(C(C)(C)NC(=O)/C=C/c2cn(Cc3ccccc3)nc2-c2ccccc2)no1. The topological polar surface area (TPSA) is 85.8 Å². The third-order valence-electron chi connectivity index (χ3n) is 4.96. The average Bonchev–Trinajstić information content (AvgIpc) is 3.40. The molecule has 0 aliphatic heterocycles. The van der Waals surface area contributed by atoms with E-state index < -0.39 is 5.54 Å². The zero-order valence-electron chi connectivity index (χ0n) is 18.3. The van der Waals surface area contributed by atoms with Crippen molar-refractivity contribution in [2.24, 2.45) is 0 Å². The Morgan fingerprint density at radius 2 is 1.78 bits per heavy atom. The summed E-state index contributed by atoms with van der Waals surface area (Å²) in [5.41, 5.74) is 3.05. The number of carbonyl (C=O) groups is 1. The van der Waals surface area contributed by atoms with Gasteiger partial charge in [0.1, 0.15) is 0 Å². The van der Waals surface area contributed by atoms with Crippen molar-refractivity contribution < 1.29 is 9.32 Å². The van der Waals surface area contributed by atoms with Crippen molar-refractivity contribution in [1.82, 2.24) is 25.2 Å². The van der Waals surface area contributed by atoms with Crippen LogP contribution in [0.3, 0.4) is 0 Å². The minimum absolute atomic E-state index is 0.257. The van der Waals surface area contributed by atoms with Gasteiger partial charge < -0.3 is 9.84 Å². The summed E-state index contributed by atoms with van der Waals surface area (Å²) in [5, 5.41) is 11.6. The van der Waals surface area contributed by atoms with Crippen LogP contribution in [0, 0.1) is 6.92 Å². The second-order valence-electron chi connectivity index (χ2n) is 8.07. The Morgan fingerprint density at radius 1 is 1.09 bits per heavy atom. The molecule has 0 spiro atoms. The van der Waals surface area contributed by atoms with Crippen LogP contribution in [0.5, 0.6) is 0 Å². The Balaban J connectivity index is 1.57. The van der Waals surface area contributed by atoms with Crippen LogP contribution < -0.4 is 5.32 Å². The molecule has 4 rings (SSSR count). The highest BCUT2D eigenvalue weighted by Crippen LogP contribution is 2.24. The lowest BCUT2D eigenvalue weighted by atomic mass is 10.0. The highest BCUT2D eigenvalue weighted by Gasteiger charge is 2.27. The fraction of sp³-hybridized carbons (Fsp3) is 0.200. The van der Waals surface area contributed by atoms with Crippen LogP contribution in [0.4, 0.5) is 0 Å². The van der Waals surface area contributed by atoms with Gasteiger partial charge in [0.25, 0.3) is 0 Å². The van der Waals surface area contributed by atoms with E-state index in [9.17, 15) is 4.79 Å². The Morgan fingerprint density at radius 3 is 2.44 bits per heavy atom. The monoisotopic (exact) mass is 427 g/mol. The Bertz CT molecular complexity index is 1220. The predicted octanol–water partition coefficient (Wildman–Crippen LogP) is 4.35. The number of hydrogen-bond acceptors (Lipinski definition) is 5. The van der Waals surface area contributed by atoms with Crippen LogP contribution in [-0.4, -0.2) is 25.8 Å². The molecular weight excluding hydrogens is 402 g/mol. The van der Waals surface area contributed by atoms with Crippen molar-refractivity contribution >= 4 is 12.0 Å². The number of nitrogens with one attached hydrogen (secondary N) is 1. The van der Waals surface area contributed by atoms with Gasteiger partial charge in [0, 0.05) is 30.3 Å². The molecule has 0 aliphatic carbocycles. The van der Waals surface area contributed by atoms with Crippen LogP contribution >= 0.6 is 0 Å². The highest BCUT2D eigenvalue weighted by molar-refractivity contribution is 5.93. The van der Waals surface area contributed by atoms with Gasteiger partial charge in [-0.3, -0.25) is 9.48 Å². The van der Waals surface area contributed by atoms with Gasteiger partial charge >= 0.3 is 0 Å². The fourth-order valence-corrected chi connectivity index (χ4v) is 3.35. The van der Waals surface area contributed by atoms with Crippen molar-refractivity contribution in [3.63, 3.8) is 0 Å². The summed E-state index contributed by atoms with van der Waals surface area (Å²) in [6.07, 6.45) is 5.24. The van der Waals surface area contributed by atoms with Crippen molar-refractivity contribution in [2.45, 2.75) is 32.9 Å². The van der Waals surface area contributed by atoms with E-state index in [-0.39, 0.29) is 5.91 Å². The number of nitrogens with zero attached hydrogens (tertiary/aromatic N) is 4. The van der Waals surface area contributed by atoms with Crippen LogP contribution in [-0.2, 0) is 16.9 Å². The standard InChI is InChI=1S/C25H25N5O2/c1-18-26-24(29-32-18)25(2,3)27-22(31)15-14-21-17-30(16-19-10-6-4-7-11-19)28-23(21)20-12-8-5-9-13-20/h4-15,17H,16H2,1-3H3,(H,27,31)/b15-14+. The minimum atomic E-state index is -0.765. The molecule has 2 aromatic carbocycles. The van der Waals surface area contributed by atoms with Crippen molar-refractivity contribution in [3.8, 4) is 11.3 Å². The lowest BCUT2D eigenvalue weighted by molar-refractivity contribution is -0.118. The Labute approximate surface area is 186 Å². The van der Waals surface area contributed by atoms with E-state index in [1.54, 1.807) is 13.0 Å². The van der Waals surface area contributed by atoms with Gasteiger partial charge in [-0.2, -0.15) is 10.1 Å². The van der Waals surface area contributed by atoms with Gasteiger partial charge in [0.2, 0.25) is 11.8 Å². The normalized spacial score (nSPS) is 11.7. The van der Waals surface area contributed by atoms with Gasteiger partial charge in [0.05, 0.1) is 17.8 Å². The van der Waals surface area contributed by atoms with E-state index >= 15 is 0 Å². The molecule has 0 radical (unpaired) electrons. The first-order valence-corrected chi connectivity index (χ1v) is 10.4. The smallest absolute Gasteiger partial charge is 0.244 e. The van der Waals surface area contributed by atoms with Gasteiger partial charge in [0.15, 0.2) is 5.82 Å². The number of aromatic nitrogens is 4. The molecule has 2 heterocycles. The largest absolute Gasteiger partial charge is 0.340 e. The molecule has 0 bridgehead atoms. The molecule has 2 aromatic heterocycles. The fourth-order valence-electron chi connectivity index (χ4n) is 3.35. The quantitative estimate of drug-likeness (QED) is 0.443. The van der Waals surface area contributed by atoms with Crippen LogP contribution in [0.1, 0.15) is 36.7 Å². The third kappa shape index (κ3) is 5.00. The van der Waals surface area contributed by atoms with E-state index in [1.807, 2.05) is 73.3 Å². The molecule has 32 heavy (non-hydrogen) atoms. The van der Waals surface area contributed by atoms with E-state index in [2.05, 4.69) is 27.6 Å². The van der Waals surface area contributed by atoms with Gasteiger partial charge in [-0.15, -0.1) is 0 Å². The molecule has 0 atom stereocenters. The van der Waals surface area contributed by atoms with Crippen molar-refractivity contribution in [3.05, 3.63) is 95.8 Å².